The lowest BCUT2D eigenvalue weighted by Crippen LogP contribution is -2.52. The SMILES string of the molecule is CC(=O)NC1CCN(C(C)C(=O)NN)CC1. The van der Waals surface area contributed by atoms with Crippen LogP contribution in [-0.4, -0.2) is 41.9 Å². The van der Waals surface area contributed by atoms with Crippen molar-refractivity contribution in [1.82, 2.24) is 15.6 Å². The molecule has 0 bridgehead atoms. The number of nitrogens with one attached hydrogen (secondary N) is 2. The number of nitrogens with zero attached hydrogens (tertiary/aromatic N) is 1. The van der Waals surface area contributed by atoms with Gasteiger partial charge in [0.15, 0.2) is 0 Å². The zero-order valence-corrected chi connectivity index (χ0v) is 9.82. The molecule has 1 saturated heterocycles. The van der Waals surface area contributed by atoms with Gasteiger partial charge in [-0.15, -0.1) is 0 Å². The largest absolute Gasteiger partial charge is 0.354 e. The van der Waals surface area contributed by atoms with Gasteiger partial charge < -0.3 is 5.32 Å². The lowest BCUT2D eigenvalue weighted by atomic mass is 10.0. The molecule has 4 N–H and O–H groups in total. The molecule has 2 amide bonds. The first kappa shape index (κ1) is 12.9. The van der Waals surface area contributed by atoms with Gasteiger partial charge in [-0.1, -0.05) is 0 Å². The van der Waals surface area contributed by atoms with E-state index in [1.54, 1.807) is 0 Å². The van der Waals surface area contributed by atoms with Crippen LogP contribution < -0.4 is 16.6 Å². The maximum Gasteiger partial charge on any atom is 0.250 e. The van der Waals surface area contributed by atoms with Gasteiger partial charge in [0.05, 0.1) is 6.04 Å². The minimum atomic E-state index is -0.205. The number of carbonyl (C=O) groups excluding carboxylic acids is 2. The molecule has 1 heterocycles. The van der Waals surface area contributed by atoms with Crippen LogP contribution in [0, 0.1) is 0 Å². The van der Waals surface area contributed by atoms with Gasteiger partial charge in [-0.05, 0) is 19.8 Å². The molecular weight excluding hydrogens is 208 g/mol. The van der Waals surface area contributed by atoms with Crippen LogP contribution in [0.2, 0.25) is 0 Å². The van der Waals surface area contributed by atoms with E-state index in [1.807, 2.05) is 6.92 Å². The van der Waals surface area contributed by atoms with Crippen LogP contribution >= 0.6 is 0 Å². The molecule has 0 aromatic rings. The van der Waals surface area contributed by atoms with E-state index in [4.69, 9.17) is 5.84 Å². The van der Waals surface area contributed by atoms with Crippen molar-refractivity contribution in [3.8, 4) is 0 Å². The fourth-order valence-electron chi connectivity index (χ4n) is 2.00. The van der Waals surface area contributed by atoms with E-state index in [0.717, 1.165) is 25.9 Å². The summed E-state index contributed by atoms with van der Waals surface area (Å²) in [5, 5.41) is 2.89. The number of amides is 2. The zero-order valence-electron chi connectivity index (χ0n) is 9.82. The van der Waals surface area contributed by atoms with Crippen molar-refractivity contribution < 1.29 is 9.59 Å². The Morgan fingerprint density at radius 1 is 1.38 bits per heavy atom. The Labute approximate surface area is 95.5 Å². The third-order valence-corrected chi connectivity index (χ3v) is 3.01. The Morgan fingerprint density at radius 3 is 2.38 bits per heavy atom. The molecule has 1 aliphatic heterocycles. The van der Waals surface area contributed by atoms with Gasteiger partial charge in [0.25, 0.3) is 5.91 Å². The predicted octanol–water partition coefficient (Wildman–Crippen LogP) is -1.03. The molecule has 92 valence electrons. The molecule has 0 aromatic carbocycles. The highest BCUT2D eigenvalue weighted by Crippen LogP contribution is 2.13. The van der Waals surface area contributed by atoms with Crippen molar-refractivity contribution in [1.29, 1.82) is 0 Å². The Bertz CT molecular complexity index is 262. The molecule has 0 aliphatic carbocycles. The number of likely N-dealkylation sites (tertiary alicyclic amines) is 1. The molecule has 1 atom stereocenters. The summed E-state index contributed by atoms with van der Waals surface area (Å²) in [4.78, 5) is 24.3. The average molecular weight is 228 g/mol. The van der Waals surface area contributed by atoms with Gasteiger partial charge in [0.1, 0.15) is 0 Å². The van der Waals surface area contributed by atoms with Crippen LogP contribution in [0.15, 0.2) is 0 Å². The molecule has 1 unspecified atom stereocenters. The lowest BCUT2D eigenvalue weighted by molar-refractivity contribution is -0.127. The van der Waals surface area contributed by atoms with Crippen LogP contribution in [0.3, 0.4) is 0 Å². The van der Waals surface area contributed by atoms with Crippen LogP contribution in [-0.2, 0) is 9.59 Å². The summed E-state index contributed by atoms with van der Waals surface area (Å²) in [5.41, 5.74) is 2.16. The molecule has 1 aliphatic rings. The van der Waals surface area contributed by atoms with Crippen molar-refractivity contribution in [3.05, 3.63) is 0 Å². The Kier molecular flexibility index (Phi) is 4.70. The lowest BCUT2D eigenvalue weighted by Gasteiger charge is -2.35. The average Bonchev–Trinajstić information content (AvgIpc) is 2.27. The number of nitrogens with two attached hydrogens (primary N) is 1. The number of hydrogen-bond acceptors (Lipinski definition) is 4. The number of rotatable bonds is 3. The van der Waals surface area contributed by atoms with Crippen molar-refractivity contribution in [2.24, 2.45) is 5.84 Å². The molecule has 1 fully saturated rings. The Hall–Kier alpha value is -1.14. The predicted molar refractivity (Wildman–Crippen MR) is 60.2 cm³/mol. The smallest absolute Gasteiger partial charge is 0.250 e. The molecule has 1 rings (SSSR count). The molecular formula is C10H20N4O2. The number of piperidine rings is 1. The fourth-order valence-corrected chi connectivity index (χ4v) is 2.00. The van der Waals surface area contributed by atoms with E-state index >= 15 is 0 Å². The standard InChI is InChI=1S/C10H20N4O2/c1-7(10(16)13-11)14-5-3-9(4-6-14)12-8(2)15/h7,9H,3-6,11H2,1-2H3,(H,12,15)(H,13,16). The van der Waals surface area contributed by atoms with E-state index in [9.17, 15) is 9.59 Å². The first-order valence-corrected chi connectivity index (χ1v) is 5.56. The van der Waals surface area contributed by atoms with Crippen LogP contribution in [0.5, 0.6) is 0 Å². The summed E-state index contributed by atoms with van der Waals surface area (Å²) in [6.45, 7) is 4.97. The molecule has 6 nitrogen and oxygen atoms in total. The highest BCUT2D eigenvalue weighted by atomic mass is 16.2. The summed E-state index contributed by atoms with van der Waals surface area (Å²) in [7, 11) is 0. The normalized spacial score (nSPS) is 20.2. The van der Waals surface area contributed by atoms with Gasteiger partial charge in [0, 0.05) is 26.1 Å². The van der Waals surface area contributed by atoms with Crippen molar-refractivity contribution >= 4 is 11.8 Å². The minimum Gasteiger partial charge on any atom is -0.354 e. The van der Waals surface area contributed by atoms with Crippen LogP contribution in [0.25, 0.3) is 0 Å². The van der Waals surface area contributed by atoms with E-state index < -0.39 is 0 Å². The zero-order chi connectivity index (χ0) is 12.1. The first-order chi connectivity index (χ1) is 7.54. The Balaban J connectivity index is 2.36. The maximum atomic E-state index is 11.3. The van der Waals surface area contributed by atoms with Gasteiger partial charge in [-0.3, -0.25) is 19.9 Å². The fraction of sp³-hybridized carbons (Fsp3) is 0.800. The van der Waals surface area contributed by atoms with Crippen LogP contribution in [0.4, 0.5) is 0 Å². The topological polar surface area (TPSA) is 87.5 Å². The highest BCUT2D eigenvalue weighted by molar-refractivity contribution is 5.80. The number of hydrazine groups is 1. The highest BCUT2D eigenvalue weighted by Gasteiger charge is 2.26. The molecule has 0 radical (unpaired) electrons. The van der Waals surface area contributed by atoms with Crippen molar-refractivity contribution in [2.75, 3.05) is 13.1 Å². The quantitative estimate of drug-likeness (QED) is 0.327. The third kappa shape index (κ3) is 3.46. The maximum absolute atomic E-state index is 11.3. The van der Waals surface area contributed by atoms with E-state index in [-0.39, 0.29) is 23.9 Å². The van der Waals surface area contributed by atoms with Gasteiger partial charge in [0.2, 0.25) is 5.91 Å². The van der Waals surface area contributed by atoms with Crippen LogP contribution in [0.1, 0.15) is 26.7 Å². The van der Waals surface area contributed by atoms with Crippen molar-refractivity contribution in [3.63, 3.8) is 0 Å². The summed E-state index contributed by atoms with van der Waals surface area (Å²) in [5.74, 6) is 4.93. The second-order valence-corrected chi connectivity index (χ2v) is 4.20. The number of carbonyl (C=O) groups is 2. The first-order valence-electron chi connectivity index (χ1n) is 5.56. The summed E-state index contributed by atoms with van der Waals surface area (Å²) in [6, 6.07) is 0.0326. The minimum absolute atomic E-state index is 0.00574. The number of hydrogen-bond donors (Lipinski definition) is 3. The molecule has 6 heteroatoms. The molecule has 0 saturated carbocycles. The van der Waals surface area contributed by atoms with Gasteiger partial charge >= 0.3 is 0 Å². The second-order valence-electron chi connectivity index (χ2n) is 4.20. The molecule has 16 heavy (non-hydrogen) atoms. The van der Waals surface area contributed by atoms with E-state index in [1.165, 1.54) is 6.92 Å². The molecule has 0 aromatic heterocycles. The summed E-state index contributed by atoms with van der Waals surface area (Å²) < 4.78 is 0. The summed E-state index contributed by atoms with van der Waals surface area (Å²) in [6.07, 6.45) is 1.75. The van der Waals surface area contributed by atoms with Gasteiger partial charge in [-0.2, -0.15) is 0 Å². The van der Waals surface area contributed by atoms with Gasteiger partial charge in [-0.25, -0.2) is 5.84 Å². The van der Waals surface area contributed by atoms with Crippen molar-refractivity contribution in [2.45, 2.75) is 38.8 Å². The monoisotopic (exact) mass is 228 g/mol. The third-order valence-electron chi connectivity index (χ3n) is 3.01. The summed E-state index contributed by atoms with van der Waals surface area (Å²) >= 11 is 0. The molecule has 0 spiro atoms. The second kappa shape index (κ2) is 5.81. The van der Waals surface area contributed by atoms with E-state index in [2.05, 4.69) is 15.6 Å². The Morgan fingerprint density at radius 2 is 1.94 bits per heavy atom. The van der Waals surface area contributed by atoms with E-state index in [0.29, 0.717) is 0 Å².